The fraction of sp³-hybridized carbons (Fsp3) is 0.444. The molecule has 120 valence electrons. The molecule has 0 unspecified atom stereocenters. The molecule has 0 saturated heterocycles. The van der Waals surface area contributed by atoms with E-state index in [1.807, 2.05) is 35.2 Å². The average Bonchev–Trinajstić information content (AvgIpc) is 2.93. The van der Waals surface area contributed by atoms with E-state index in [-0.39, 0.29) is 11.9 Å². The van der Waals surface area contributed by atoms with E-state index in [2.05, 4.69) is 10.3 Å². The highest BCUT2D eigenvalue weighted by atomic mass is 16.2. The Hall–Kier alpha value is -2.30. The van der Waals surface area contributed by atoms with Crippen molar-refractivity contribution in [1.82, 2.24) is 10.2 Å². The molecule has 2 aliphatic heterocycles. The Balaban J connectivity index is 1.64. The number of carbonyl (C=O) groups is 1. The Morgan fingerprint density at radius 3 is 2.61 bits per heavy atom. The van der Waals surface area contributed by atoms with Crippen LogP contribution in [0.3, 0.4) is 0 Å². The molecule has 1 aromatic carbocycles. The van der Waals surface area contributed by atoms with E-state index in [1.165, 1.54) is 19.3 Å². The first-order valence-electron chi connectivity index (χ1n) is 8.43. The van der Waals surface area contributed by atoms with Crippen molar-refractivity contribution in [3.8, 4) is 0 Å². The van der Waals surface area contributed by atoms with Gasteiger partial charge in [-0.25, -0.2) is 4.99 Å². The van der Waals surface area contributed by atoms with E-state index in [4.69, 9.17) is 5.73 Å². The Morgan fingerprint density at radius 1 is 1.13 bits per heavy atom. The minimum Gasteiger partial charge on any atom is -0.370 e. The quantitative estimate of drug-likeness (QED) is 0.878. The van der Waals surface area contributed by atoms with Crippen LogP contribution in [-0.2, 0) is 4.79 Å². The largest absolute Gasteiger partial charge is 0.370 e. The van der Waals surface area contributed by atoms with Gasteiger partial charge in [-0.2, -0.15) is 0 Å². The van der Waals surface area contributed by atoms with E-state index in [9.17, 15) is 4.79 Å². The molecule has 3 N–H and O–H groups in total. The van der Waals surface area contributed by atoms with Gasteiger partial charge in [0, 0.05) is 18.2 Å². The summed E-state index contributed by atoms with van der Waals surface area (Å²) in [5, 5.41) is 3.01. The number of aliphatic imine (C=N–C) groups is 1. The third-order valence-corrected chi connectivity index (χ3v) is 5.12. The van der Waals surface area contributed by atoms with E-state index >= 15 is 0 Å². The van der Waals surface area contributed by atoms with Crippen LogP contribution in [-0.4, -0.2) is 29.4 Å². The maximum absolute atomic E-state index is 12.9. The smallest absolute Gasteiger partial charge is 0.271 e. The highest BCUT2D eigenvalue weighted by Gasteiger charge is 2.40. The van der Waals surface area contributed by atoms with Crippen LogP contribution in [0.5, 0.6) is 0 Å². The van der Waals surface area contributed by atoms with Crippen molar-refractivity contribution in [2.24, 2.45) is 10.7 Å². The number of nitrogens with one attached hydrogen (secondary N) is 1. The number of rotatable bonds is 2. The van der Waals surface area contributed by atoms with Crippen LogP contribution < -0.4 is 11.1 Å². The summed E-state index contributed by atoms with van der Waals surface area (Å²) in [5.41, 5.74) is 8.73. The molecule has 4 rings (SSSR count). The van der Waals surface area contributed by atoms with Crippen LogP contribution in [0.25, 0.3) is 0 Å². The lowest BCUT2D eigenvalue weighted by Crippen LogP contribution is -2.42. The molecule has 1 saturated carbocycles. The SMILES string of the molecule is NC1=N[C@H](c2ccccc2)C2=C(N1)C(=O)N(C1CCCCC1)C2. The lowest BCUT2D eigenvalue weighted by Gasteiger charge is -2.31. The van der Waals surface area contributed by atoms with Gasteiger partial charge in [-0.05, 0) is 18.4 Å². The Morgan fingerprint density at radius 2 is 1.87 bits per heavy atom. The Kier molecular flexibility index (Phi) is 3.56. The normalized spacial score (nSPS) is 25.2. The number of nitrogens with zero attached hydrogens (tertiary/aromatic N) is 2. The van der Waals surface area contributed by atoms with Gasteiger partial charge in [0.2, 0.25) is 0 Å². The summed E-state index contributed by atoms with van der Waals surface area (Å²) in [7, 11) is 0. The fourth-order valence-corrected chi connectivity index (χ4v) is 3.95. The zero-order valence-electron chi connectivity index (χ0n) is 13.2. The Labute approximate surface area is 136 Å². The number of guanidine groups is 1. The predicted molar refractivity (Wildman–Crippen MR) is 89.6 cm³/mol. The van der Waals surface area contributed by atoms with Gasteiger partial charge in [0.05, 0.1) is 0 Å². The van der Waals surface area contributed by atoms with Crippen molar-refractivity contribution in [2.45, 2.75) is 44.2 Å². The van der Waals surface area contributed by atoms with Gasteiger partial charge in [0.25, 0.3) is 5.91 Å². The predicted octanol–water partition coefficient (Wildman–Crippen LogP) is 2.07. The van der Waals surface area contributed by atoms with Crippen LogP contribution in [0.15, 0.2) is 46.6 Å². The van der Waals surface area contributed by atoms with Crippen molar-refractivity contribution in [3.05, 3.63) is 47.2 Å². The van der Waals surface area contributed by atoms with Gasteiger partial charge < -0.3 is 16.0 Å². The molecular formula is C18H22N4O. The molecule has 5 heteroatoms. The summed E-state index contributed by atoms with van der Waals surface area (Å²) >= 11 is 0. The number of benzene rings is 1. The van der Waals surface area contributed by atoms with E-state index in [0.29, 0.717) is 24.2 Å². The molecule has 0 spiro atoms. The van der Waals surface area contributed by atoms with Crippen molar-refractivity contribution in [3.63, 3.8) is 0 Å². The molecular weight excluding hydrogens is 288 g/mol. The first kappa shape index (κ1) is 14.3. The fourth-order valence-electron chi connectivity index (χ4n) is 3.95. The molecule has 0 radical (unpaired) electrons. The molecule has 1 atom stereocenters. The van der Waals surface area contributed by atoms with Crippen molar-refractivity contribution in [1.29, 1.82) is 0 Å². The number of amides is 1. The van der Waals surface area contributed by atoms with Gasteiger partial charge in [-0.15, -0.1) is 0 Å². The van der Waals surface area contributed by atoms with Crippen molar-refractivity contribution >= 4 is 11.9 Å². The standard InChI is InChI=1S/C18H22N4O/c19-18-20-15(12-7-3-1-4-8-12)14-11-22(17(23)16(14)21-18)13-9-5-2-6-10-13/h1,3-4,7-8,13,15H,2,5-6,9-11H2,(H3,19,20,21)/t15-/m1/s1. The number of hydrogen-bond donors (Lipinski definition) is 2. The summed E-state index contributed by atoms with van der Waals surface area (Å²) in [6.45, 7) is 0.669. The van der Waals surface area contributed by atoms with E-state index in [1.54, 1.807) is 0 Å². The second kappa shape index (κ2) is 5.72. The lowest BCUT2D eigenvalue weighted by molar-refractivity contribution is -0.128. The van der Waals surface area contributed by atoms with Crippen molar-refractivity contribution in [2.75, 3.05) is 6.54 Å². The van der Waals surface area contributed by atoms with Gasteiger partial charge in [-0.3, -0.25) is 4.79 Å². The minimum absolute atomic E-state index is 0.0886. The van der Waals surface area contributed by atoms with Gasteiger partial charge >= 0.3 is 0 Å². The molecule has 1 fully saturated rings. The maximum Gasteiger partial charge on any atom is 0.271 e. The molecule has 23 heavy (non-hydrogen) atoms. The minimum atomic E-state index is -0.148. The average molecular weight is 310 g/mol. The van der Waals surface area contributed by atoms with Gasteiger partial charge in [0.1, 0.15) is 11.7 Å². The Bertz CT molecular complexity index is 674. The van der Waals surface area contributed by atoms with Crippen LogP contribution in [0.1, 0.15) is 43.7 Å². The molecule has 3 aliphatic rings. The molecule has 0 aromatic heterocycles. The molecule has 1 amide bonds. The monoisotopic (exact) mass is 310 g/mol. The lowest BCUT2D eigenvalue weighted by atomic mass is 9.94. The van der Waals surface area contributed by atoms with Gasteiger partial charge in [0.15, 0.2) is 5.96 Å². The molecule has 1 aliphatic carbocycles. The summed E-state index contributed by atoms with van der Waals surface area (Å²) in [6.07, 6.45) is 5.94. The first-order valence-corrected chi connectivity index (χ1v) is 8.43. The second-order valence-electron chi connectivity index (χ2n) is 6.58. The maximum atomic E-state index is 12.9. The number of hydrogen-bond acceptors (Lipinski definition) is 4. The third-order valence-electron chi connectivity index (χ3n) is 5.12. The summed E-state index contributed by atoms with van der Waals surface area (Å²) in [6, 6.07) is 10.3. The van der Waals surface area contributed by atoms with E-state index in [0.717, 1.165) is 24.0 Å². The highest BCUT2D eigenvalue weighted by molar-refractivity contribution is 6.02. The highest BCUT2D eigenvalue weighted by Crippen LogP contribution is 2.37. The summed E-state index contributed by atoms with van der Waals surface area (Å²) in [5.74, 6) is 0.419. The van der Waals surface area contributed by atoms with Crippen LogP contribution >= 0.6 is 0 Å². The summed E-state index contributed by atoms with van der Waals surface area (Å²) in [4.78, 5) is 19.4. The second-order valence-corrected chi connectivity index (χ2v) is 6.58. The van der Waals surface area contributed by atoms with Gasteiger partial charge in [-0.1, -0.05) is 49.6 Å². The summed E-state index contributed by atoms with van der Waals surface area (Å²) < 4.78 is 0. The number of nitrogens with two attached hydrogens (primary N) is 1. The van der Waals surface area contributed by atoms with Crippen LogP contribution in [0, 0.1) is 0 Å². The molecule has 1 aromatic rings. The zero-order chi connectivity index (χ0) is 15.8. The first-order chi connectivity index (χ1) is 11.2. The van der Waals surface area contributed by atoms with Crippen molar-refractivity contribution < 1.29 is 4.79 Å². The molecule has 0 bridgehead atoms. The number of carbonyl (C=O) groups excluding carboxylic acids is 1. The zero-order valence-corrected chi connectivity index (χ0v) is 13.2. The third kappa shape index (κ3) is 2.50. The molecule has 2 heterocycles. The topological polar surface area (TPSA) is 70.7 Å². The van der Waals surface area contributed by atoms with Crippen LogP contribution in [0.4, 0.5) is 0 Å². The van der Waals surface area contributed by atoms with E-state index < -0.39 is 0 Å². The molecule has 5 nitrogen and oxygen atoms in total. The van der Waals surface area contributed by atoms with Crippen LogP contribution in [0.2, 0.25) is 0 Å².